The molecule has 0 saturated carbocycles. The Balaban J connectivity index is 2.99. The van der Waals surface area contributed by atoms with Crippen molar-refractivity contribution in [3.05, 3.63) is 21.9 Å². The summed E-state index contributed by atoms with van der Waals surface area (Å²) in [6.45, 7) is 6.92. The second kappa shape index (κ2) is 3.22. The Morgan fingerprint density at radius 2 is 1.91 bits per heavy atom. The quantitative estimate of drug-likeness (QED) is 0.566. The molecule has 1 nitrogen and oxygen atoms in total. The highest BCUT2D eigenvalue weighted by molar-refractivity contribution is 14.1. The molecule has 0 aliphatic rings. The van der Waals surface area contributed by atoms with Crippen LogP contribution in [-0.2, 0) is 0 Å². The Morgan fingerprint density at radius 1 is 1.27 bits per heavy atom. The van der Waals surface area contributed by atoms with Gasteiger partial charge in [-0.2, -0.15) is 0 Å². The average molecular weight is 277 g/mol. The molecule has 0 amide bonds. The summed E-state index contributed by atoms with van der Waals surface area (Å²) in [6.07, 6.45) is 1.94. The standard InChI is InChI=1S/C8H12INSi/c1-11(2,3)8-5-4-7(9)6-10-8/h4-6H,1-3H3. The van der Waals surface area contributed by atoms with Crippen molar-refractivity contribution >= 4 is 36.0 Å². The van der Waals surface area contributed by atoms with Gasteiger partial charge in [0.25, 0.3) is 0 Å². The van der Waals surface area contributed by atoms with Crippen LogP contribution < -0.4 is 5.32 Å². The van der Waals surface area contributed by atoms with Crippen LogP contribution in [0.15, 0.2) is 18.3 Å². The van der Waals surface area contributed by atoms with E-state index in [0.717, 1.165) is 0 Å². The SMILES string of the molecule is C[Si](C)(C)c1ccc(I)cn1. The van der Waals surface area contributed by atoms with Gasteiger partial charge in [0.2, 0.25) is 0 Å². The minimum Gasteiger partial charge on any atom is -0.265 e. The zero-order chi connectivity index (χ0) is 8.48. The van der Waals surface area contributed by atoms with Gasteiger partial charge in [-0.05, 0) is 34.7 Å². The number of aromatic nitrogens is 1. The van der Waals surface area contributed by atoms with Crippen molar-refractivity contribution in [3.8, 4) is 0 Å². The molecule has 0 atom stereocenters. The second-order valence-corrected chi connectivity index (χ2v) is 9.87. The maximum absolute atomic E-state index is 4.40. The molecule has 0 aliphatic heterocycles. The van der Waals surface area contributed by atoms with Crippen molar-refractivity contribution in [3.63, 3.8) is 0 Å². The molecule has 0 radical (unpaired) electrons. The molecule has 0 bridgehead atoms. The number of nitrogens with zero attached hydrogens (tertiary/aromatic N) is 1. The zero-order valence-corrected chi connectivity index (χ0v) is 10.2. The van der Waals surface area contributed by atoms with E-state index in [9.17, 15) is 0 Å². The third-order valence-electron chi connectivity index (χ3n) is 1.50. The Bertz CT molecular complexity index is 237. The van der Waals surface area contributed by atoms with Crippen molar-refractivity contribution in [1.82, 2.24) is 4.98 Å². The Hall–Kier alpha value is 0.0969. The van der Waals surface area contributed by atoms with Crippen molar-refractivity contribution < 1.29 is 0 Å². The van der Waals surface area contributed by atoms with Gasteiger partial charge in [-0.3, -0.25) is 4.98 Å². The first-order valence-electron chi connectivity index (χ1n) is 3.62. The lowest BCUT2D eigenvalue weighted by atomic mass is 10.5. The van der Waals surface area contributed by atoms with E-state index in [0.29, 0.717) is 0 Å². The van der Waals surface area contributed by atoms with Crippen LogP contribution in [0.1, 0.15) is 0 Å². The van der Waals surface area contributed by atoms with E-state index in [1.54, 1.807) is 0 Å². The van der Waals surface area contributed by atoms with Crippen LogP contribution >= 0.6 is 22.6 Å². The lowest BCUT2D eigenvalue weighted by Gasteiger charge is -2.14. The molecule has 11 heavy (non-hydrogen) atoms. The number of halogens is 1. The number of rotatable bonds is 1. The van der Waals surface area contributed by atoms with Crippen LogP contribution in [0.2, 0.25) is 19.6 Å². The van der Waals surface area contributed by atoms with Crippen LogP contribution in [0, 0.1) is 3.57 Å². The molecule has 3 heteroatoms. The average Bonchev–Trinajstić information content (AvgIpc) is 1.86. The fraction of sp³-hybridized carbons (Fsp3) is 0.375. The van der Waals surface area contributed by atoms with Crippen LogP contribution in [0.5, 0.6) is 0 Å². The van der Waals surface area contributed by atoms with E-state index in [4.69, 9.17) is 0 Å². The van der Waals surface area contributed by atoms with Gasteiger partial charge in [-0.15, -0.1) is 0 Å². The van der Waals surface area contributed by atoms with Gasteiger partial charge in [0, 0.05) is 15.1 Å². The first-order valence-corrected chi connectivity index (χ1v) is 8.20. The molecule has 0 spiro atoms. The highest BCUT2D eigenvalue weighted by Gasteiger charge is 2.17. The fourth-order valence-corrected chi connectivity index (χ4v) is 2.17. The summed E-state index contributed by atoms with van der Waals surface area (Å²) in [4.78, 5) is 4.40. The number of hydrogen-bond acceptors (Lipinski definition) is 1. The summed E-state index contributed by atoms with van der Waals surface area (Å²) in [7, 11) is -1.17. The predicted molar refractivity (Wildman–Crippen MR) is 59.9 cm³/mol. The summed E-state index contributed by atoms with van der Waals surface area (Å²) in [5, 5.41) is 1.29. The van der Waals surface area contributed by atoms with Crippen LogP contribution in [0.25, 0.3) is 0 Å². The molecule has 0 aliphatic carbocycles. The van der Waals surface area contributed by atoms with Gasteiger partial charge in [-0.1, -0.05) is 19.6 Å². The van der Waals surface area contributed by atoms with E-state index in [1.807, 2.05) is 6.20 Å². The highest BCUT2D eigenvalue weighted by atomic mass is 127. The van der Waals surface area contributed by atoms with Gasteiger partial charge >= 0.3 is 0 Å². The third-order valence-corrected chi connectivity index (χ3v) is 3.97. The predicted octanol–water partition coefficient (Wildman–Crippen LogP) is 2.23. The molecule has 0 fully saturated rings. The maximum atomic E-state index is 4.40. The van der Waals surface area contributed by atoms with E-state index in [1.165, 1.54) is 8.89 Å². The summed E-state index contributed by atoms with van der Waals surface area (Å²) in [6, 6.07) is 4.27. The van der Waals surface area contributed by atoms with Crippen LogP contribution in [0.3, 0.4) is 0 Å². The van der Waals surface area contributed by atoms with Crippen LogP contribution in [-0.4, -0.2) is 13.1 Å². The lowest BCUT2D eigenvalue weighted by Crippen LogP contribution is -2.39. The van der Waals surface area contributed by atoms with Crippen molar-refractivity contribution in [1.29, 1.82) is 0 Å². The molecule has 1 rings (SSSR count). The monoisotopic (exact) mass is 277 g/mol. The molecular formula is C8H12INSi. The molecule has 1 aromatic rings. The van der Waals surface area contributed by atoms with Crippen molar-refractivity contribution in [2.75, 3.05) is 0 Å². The smallest absolute Gasteiger partial charge is 0.101 e. The molecule has 0 unspecified atom stereocenters. The summed E-state index contributed by atoms with van der Waals surface area (Å²) < 4.78 is 1.21. The number of hydrogen-bond donors (Lipinski definition) is 0. The molecule has 1 aromatic heterocycles. The highest BCUT2D eigenvalue weighted by Crippen LogP contribution is 2.03. The normalized spacial score (nSPS) is 11.6. The van der Waals surface area contributed by atoms with Crippen molar-refractivity contribution in [2.45, 2.75) is 19.6 Å². The third kappa shape index (κ3) is 2.55. The van der Waals surface area contributed by atoms with Crippen LogP contribution in [0.4, 0.5) is 0 Å². The Labute approximate surface area is 82.4 Å². The fourth-order valence-electron chi connectivity index (χ4n) is 0.819. The first-order chi connectivity index (χ1) is 5.00. The summed E-state index contributed by atoms with van der Waals surface area (Å²) >= 11 is 2.28. The first kappa shape index (κ1) is 9.19. The minimum atomic E-state index is -1.17. The van der Waals surface area contributed by atoms with Gasteiger partial charge in [0.1, 0.15) is 8.07 Å². The van der Waals surface area contributed by atoms with E-state index in [-0.39, 0.29) is 0 Å². The largest absolute Gasteiger partial charge is 0.265 e. The van der Waals surface area contributed by atoms with Gasteiger partial charge < -0.3 is 0 Å². The molecule has 0 saturated heterocycles. The number of pyridine rings is 1. The van der Waals surface area contributed by atoms with E-state index < -0.39 is 8.07 Å². The lowest BCUT2D eigenvalue weighted by molar-refractivity contribution is 1.34. The molecule has 0 aromatic carbocycles. The molecule has 60 valence electrons. The molecular weight excluding hydrogens is 265 g/mol. The summed E-state index contributed by atoms with van der Waals surface area (Å²) in [5.74, 6) is 0. The molecule has 1 heterocycles. The zero-order valence-electron chi connectivity index (χ0n) is 7.06. The molecule has 0 N–H and O–H groups in total. The summed E-state index contributed by atoms with van der Waals surface area (Å²) in [5.41, 5.74) is 0. The van der Waals surface area contributed by atoms with Gasteiger partial charge in [0.15, 0.2) is 0 Å². The van der Waals surface area contributed by atoms with E-state index >= 15 is 0 Å². The Kier molecular flexibility index (Phi) is 2.69. The van der Waals surface area contributed by atoms with Crippen molar-refractivity contribution in [2.24, 2.45) is 0 Å². The van der Waals surface area contributed by atoms with Gasteiger partial charge in [-0.25, -0.2) is 0 Å². The van der Waals surface area contributed by atoms with Gasteiger partial charge in [0.05, 0.1) is 0 Å². The Morgan fingerprint density at radius 3 is 2.27 bits per heavy atom. The van der Waals surface area contributed by atoms with E-state index in [2.05, 4.69) is 59.3 Å². The minimum absolute atomic E-state index is 1.17. The second-order valence-electron chi connectivity index (χ2n) is 3.61. The topological polar surface area (TPSA) is 12.9 Å². The maximum Gasteiger partial charge on any atom is 0.101 e.